The van der Waals surface area contributed by atoms with Crippen molar-refractivity contribution in [1.29, 1.82) is 0 Å². The fraction of sp³-hybridized carbons (Fsp3) is 0.900. The summed E-state index contributed by atoms with van der Waals surface area (Å²) < 4.78 is 5.25. The van der Waals surface area contributed by atoms with E-state index >= 15 is 0 Å². The Morgan fingerprint density at radius 2 is 2.20 bits per heavy atom. The average molecular weight is 215 g/mol. The molecular weight excluding hydrogens is 194 g/mol. The van der Waals surface area contributed by atoms with Crippen molar-refractivity contribution in [3.8, 4) is 0 Å². The molecule has 0 aromatic rings. The number of carbonyl (C=O) groups is 1. The minimum Gasteiger partial charge on any atom is -0.379 e. The molecule has 1 saturated heterocycles. The number of rotatable bonds is 6. The van der Waals surface area contributed by atoms with E-state index in [2.05, 4.69) is 10.2 Å². The zero-order valence-corrected chi connectivity index (χ0v) is 9.37. The van der Waals surface area contributed by atoms with Crippen LogP contribution in [0.15, 0.2) is 0 Å². The lowest BCUT2D eigenvalue weighted by atomic mass is 10.2. The van der Waals surface area contributed by atoms with Crippen molar-refractivity contribution in [2.75, 3.05) is 39.4 Å². The van der Waals surface area contributed by atoms with Crippen LogP contribution in [0.25, 0.3) is 0 Å². The molecule has 1 amide bonds. The van der Waals surface area contributed by atoms with Gasteiger partial charge in [-0.3, -0.25) is 9.69 Å². The van der Waals surface area contributed by atoms with Crippen LogP contribution in [-0.4, -0.2) is 56.2 Å². The first-order valence-corrected chi connectivity index (χ1v) is 5.57. The third-order valence-electron chi connectivity index (χ3n) is 2.67. The molecule has 1 aliphatic rings. The molecule has 1 unspecified atom stereocenters. The van der Waals surface area contributed by atoms with E-state index in [1.165, 1.54) is 0 Å². The van der Waals surface area contributed by atoms with E-state index in [1.807, 2.05) is 6.92 Å². The van der Waals surface area contributed by atoms with Gasteiger partial charge in [-0.1, -0.05) is 6.92 Å². The lowest BCUT2D eigenvalue weighted by Crippen LogP contribution is -2.46. The van der Waals surface area contributed by atoms with Crippen LogP contribution in [0.3, 0.4) is 0 Å². The number of nitrogens with two attached hydrogens (primary N) is 1. The fourth-order valence-electron chi connectivity index (χ4n) is 1.67. The van der Waals surface area contributed by atoms with E-state index in [9.17, 15) is 4.79 Å². The summed E-state index contributed by atoms with van der Waals surface area (Å²) in [6.45, 7) is 7.30. The zero-order chi connectivity index (χ0) is 11.1. The van der Waals surface area contributed by atoms with Gasteiger partial charge in [-0.15, -0.1) is 0 Å². The molecule has 0 saturated carbocycles. The average Bonchev–Trinajstić information content (AvgIpc) is 2.25. The maximum atomic E-state index is 10.9. The topological polar surface area (TPSA) is 67.6 Å². The number of amides is 1. The number of ether oxygens (including phenoxy) is 1. The Balaban J connectivity index is 2.11. The van der Waals surface area contributed by atoms with Gasteiger partial charge in [-0.2, -0.15) is 0 Å². The minimum atomic E-state index is -0.264. The second-order valence-corrected chi connectivity index (χ2v) is 3.77. The van der Waals surface area contributed by atoms with Gasteiger partial charge in [0.25, 0.3) is 0 Å². The molecule has 5 nitrogen and oxygen atoms in total. The van der Waals surface area contributed by atoms with Crippen LogP contribution in [0.1, 0.15) is 13.3 Å². The Morgan fingerprint density at radius 3 is 2.73 bits per heavy atom. The Hall–Kier alpha value is -0.650. The van der Waals surface area contributed by atoms with Crippen molar-refractivity contribution < 1.29 is 9.53 Å². The predicted molar refractivity (Wildman–Crippen MR) is 58.5 cm³/mol. The maximum Gasteiger partial charge on any atom is 0.234 e. The van der Waals surface area contributed by atoms with Crippen LogP contribution in [0.2, 0.25) is 0 Å². The van der Waals surface area contributed by atoms with Crippen LogP contribution in [0.5, 0.6) is 0 Å². The highest BCUT2D eigenvalue weighted by Gasteiger charge is 2.13. The van der Waals surface area contributed by atoms with Gasteiger partial charge < -0.3 is 15.8 Å². The van der Waals surface area contributed by atoms with Gasteiger partial charge in [-0.05, 0) is 6.42 Å². The standard InChI is InChI=1S/C10H21N3O2/c1-2-9(10(11)14)12-3-4-13-5-7-15-8-6-13/h9,12H,2-8H2,1H3,(H2,11,14). The number of hydrogen-bond acceptors (Lipinski definition) is 4. The fourth-order valence-corrected chi connectivity index (χ4v) is 1.67. The van der Waals surface area contributed by atoms with Crippen LogP contribution < -0.4 is 11.1 Å². The molecule has 5 heteroatoms. The second kappa shape index (κ2) is 6.76. The van der Waals surface area contributed by atoms with Crippen LogP contribution in [0.4, 0.5) is 0 Å². The number of morpholine rings is 1. The summed E-state index contributed by atoms with van der Waals surface area (Å²) in [6, 6.07) is -0.189. The van der Waals surface area contributed by atoms with E-state index < -0.39 is 0 Å². The SMILES string of the molecule is CCC(NCCN1CCOCC1)C(N)=O. The molecule has 0 aromatic carbocycles. The molecule has 3 N–H and O–H groups in total. The highest BCUT2D eigenvalue weighted by Crippen LogP contribution is 1.95. The third-order valence-corrected chi connectivity index (χ3v) is 2.67. The van der Waals surface area contributed by atoms with Crippen LogP contribution in [0, 0.1) is 0 Å². The Labute approximate surface area is 90.9 Å². The molecule has 1 atom stereocenters. The van der Waals surface area contributed by atoms with Crippen molar-refractivity contribution in [3.05, 3.63) is 0 Å². The molecule has 0 aliphatic carbocycles. The molecule has 0 aromatic heterocycles. The van der Waals surface area contributed by atoms with E-state index in [4.69, 9.17) is 10.5 Å². The summed E-state index contributed by atoms with van der Waals surface area (Å²) in [7, 11) is 0. The van der Waals surface area contributed by atoms with E-state index in [0.29, 0.717) is 0 Å². The summed E-state index contributed by atoms with van der Waals surface area (Å²) in [6.07, 6.45) is 0.748. The molecule has 1 fully saturated rings. The van der Waals surface area contributed by atoms with Gasteiger partial charge in [0.2, 0.25) is 5.91 Å². The molecule has 1 rings (SSSR count). The monoisotopic (exact) mass is 215 g/mol. The molecule has 0 spiro atoms. The number of nitrogens with zero attached hydrogens (tertiary/aromatic N) is 1. The predicted octanol–water partition coefficient (Wildman–Crippen LogP) is -0.828. The maximum absolute atomic E-state index is 10.9. The highest BCUT2D eigenvalue weighted by molar-refractivity contribution is 5.79. The lowest BCUT2D eigenvalue weighted by molar-refractivity contribution is -0.120. The van der Waals surface area contributed by atoms with Gasteiger partial charge in [-0.25, -0.2) is 0 Å². The van der Waals surface area contributed by atoms with Gasteiger partial charge in [0, 0.05) is 26.2 Å². The second-order valence-electron chi connectivity index (χ2n) is 3.77. The number of primary amides is 1. The summed E-state index contributed by atoms with van der Waals surface area (Å²) in [5.41, 5.74) is 5.23. The smallest absolute Gasteiger partial charge is 0.234 e. The lowest BCUT2D eigenvalue weighted by Gasteiger charge is -2.27. The summed E-state index contributed by atoms with van der Waals surface area (Å²) in [5, 5.41) is 3.16. The minimum absolute atomic E-state index is 0.189. The van der Waals surface area contributed by atoms with E-state index in [-0.39, 0.29) is 11.9 Å². The van der Waals surface area contributed by atoms with Crippen molar-refractivity contribution in [2.45, 2.75) is 19.4 Å². The molecule has 88 valence electrons. The Morgan fingerprint density at radius 1 is 1.53 bits per heavy atom. The molecule has 15 heavy (non-hydrogen) atoms. The largest absolute Gasteiger partial charge is 0.379 e. The van der Waals surface area contributed by atoms with Gasteiger partial charge in [0.15, 0.2) is 0 Å². The zero-order valence-electron chi connectivity index (χ0n) is 9.37. The highest BCUT2D eigenvalue weighted by atomic mass is 16.5. The molecule has 1 heterocycles. The van der Waals surface area contributed by atoms with Crippen molar-refractivity contribution >= 4 is 5.91 Å². The van der Waals surface area contributed by atoms with E-state index in [1.54, 1.807) is 0 Å². The molecule has 1 aliphatic heterocycles. The van der Waals surface area contributed by atoms with Crippen molar-refractivity contribution in [1.82, 2.24) is 10.2 Å². The van der Waals surface area contributed by atoms with Crippen LogP contribution >= 0.6 is 0 Å². The van der Waals surface area contributed by atoms with Gasteiger partial charge >= 0.3 is 0 Å². The first kappa shape index (κ1) is 12.4. The first-order valence-electron chi connectivity index (χ1n) is 5.57. The molecule has 0 bridgehead atoms. The molecular formula is C10H21N3O2. The normalized spacial score (nSPS) is 20.1. The summed E-state index contributed by atoms with van der Waals surface area (Å²) >= 11 is 0. The van der Waals surface area contributed by atoms with Gasteiger partial charge in [0.1, 0.15) is 0 Å². The van der Waals surface area contributed by atoms with Gasteiger partial charge in [0.05, 0.1) is 19.3 Å². The Bertz CT molecular complexity index is 193. The molecule has 0 radical (unpaired) electrons. The first-order chi connectivity index (χ1) is 7.24. The Kier molecular flexibility index (Phi) is 5.60. The third kappa shape index (κ3) is 4.59. The summed E-state index contributed by atoms with van der Waals surface area (Å²) in [4.78, 5) is 13.3. The summed E-state index contributed by atoms with van der Waals surface area (Å²) in [5.74, 6) is -0.264. The van der Waals surface area contributed by atoms with Crippen molar-refractivity contribution in [2.24, 2.45) is 5.73 Å². The van der Waals surface area contributed by atoms with Crippen LogP contribution in [-0.2, 0) is 9.53 Å². The number of hydrogen-bond donors (Lipinski definition) is 2. The van der Waals surface area contributed by atoms with E-state index in [0.717, 1.165) is 45.8 Å². The van der Waals surface area contributed by atoms with Crippen molar-refractivity contribution in [3.63, 3.8) is 0 Å². The number of nitrogens with one attached hydrogen (secondary N) is 1. The quantitative estimate of drug-likeness (QED) is 0.607. The number of carbonyl (C=O) groups excluding carboxylic acids is 1.